The molecule has 1 N–H and O–H groups in total. The third-order valence-corrected chi connectivity index (χ3v) is 4.37. The summed E-state index contributed by atoms with van der Waals surface area (Å²) < 4.78 is 10.7. The van der Waals surface area contributed by atoms with Gasteiger partial charge in [-0.25, -0.2) is 0 Å². The Kier molecular flexibility index (Phi) is 3.31. The lowest BCUT2D eigenvalue weighted by atomic mass is 10.0. The average Bonchev–Trinajstić information content (AvgIpc) is 3.13. The van der Waals surface area contributed by atoms with E-state index < -0.39 is 0 Å². The van der Waals surface area contributed by atoms with Crippen LogP contribution in [-0.2, 0) is 4.79 Å². The molecule has 2 aliphatic rings. The number of nitrogens with one attached hydrogen (secondary N) is 1. The fourth-order valence-corrected chi connectivity index (χ4v) is 3.10. The number of benzene rings is 2. The number of hydrogen-bond acceptors (Lipinski definition) is 5. The van der Waals surface area contributed by atoms with Crippen molar-refractivity contribution < 1.29 is 19.1 Å². The highest BCUT2D eigenvalue weighted by atomic mass is 32.2. The summed E-state index contributed by atoms with van der Waals surface area (Å²) in [5, 5.41) is 1.90. The minimum absolute atomic E-state index is 0.254. The Bertz CT molecular complexity index is 842. The van der Waals surface area contributed by atoms with Crippen LogP contribution in [0, 0.1) is 0 Å². The van der Waals surface area contributed by atoms with Crippen LogP contribution in [0.15, 0.2) is 47.4 Å². The summed E-state index contributed by atoms with van der Waals surface area (Å²) in [6.45, 7) is 0.254. The summed E-state index contributed by atoms with van der Waals surface area (Å²) in [6, 6.07) is 13.5. The predicted molar refractivity (Wildman–Crippen MR) is 87.1 cm³/mol. The van der Waals surface area contributed by atoms with Crippen LogP contribution in [-0.4, -0.2) is 17.9 Å². The van der Waals surface area contributed by atoms with Crippen molar-refractivity contribution in [3.05, 3.63) is 52.9 Å². The summed E-state index contributed by atoms with van der Waals surface area (Å²) in [6.07, 6.45) is 1.70. The molecule has 2 heterocycles. The number of hydrogen-bond donors (Lipinski definition) is 1. The number of rotatable bonds is 2. The molecular weight excluding hydrogens is 314 g/mol. The van der Waals surface area contributed by atoms with Crippen molar-refractivity contribution in [2.75, 3.05) is 6.79 Å². The van der Waals surface area contributed by atoms with E-state index in [0.29, 0.717) is 4.91 Å². The Morgan fingerprint density at radius 3 is 2.43 bits per heavy atom. The van der Waals surface area contributed by atoms with E-state index in [2.05, 4.69) is 5.32 Å². The number of imide groups is 1. The standard InChI is InChI=1S/C17H11NO4S/c19-16-15(23-17(20)18-16)7-10-1-3-11(4-2-10)12-5-6-13-14(8-12)22-9-21-13/h1-8H,9H2,(H,18,19,20)/b15-7-. The Balaban J connectivity index is 1.60. The number of ether oxygens (including phenoxy) is 2. The first-order chi connectivity index (χ1) is 11.2. The summed E-state index contributed by atoms with van der Waals surface area (Å²) in [7, 11) is 0. The van der Waals surface area contributed by atoms with Crippen LogP contribution in [0.1, 0.15) is 5.56 Å². The second-order valence-electron chi connectivity index (χ2n) is 5.04. The predicted octanol–water partition coefficient (Wildman–Crippen LogP) is 3.41. The highest BCUT2D eigenvalue weighted by molar-refractivity contribution is 8.18. The second-order valence-corrected chi connectivity index (χ2v) is 6.06. The van der Waals surface area contributed by atoms with Crippen LogP contribution in [0.2, 0.25) is 0 Å². The molecule has 2 aliphatic heterocycles. The first kappa shape index (κ1) is 13.9. The van der Waals surface area contributed by atoms with Crippen molar-refractivity contribution in [1.29, 1.82) is 0 Å². The van der Waals surface area contributed by atoms with E-state index in [4.69, 9.17) is 9.47 Å². The molecular formula is C17H11NO4S. The second kappa shape index (κ2) is 5.48. The van der Waals surface area contributed by atoms with Gasteiger partial charge in [0.15, 0.2) is 11.5 Å². The zero-order chi connectivity index (χ0) is 15.8. The third kappa shape index (κ3) is 2.68. The van der Waals surface area contributed by atoms with Crippen molar-refractivity contribution in [2.45, 2.75) is 0 Å². The summed E-state index contributed by atoms with van der Waals surface area (Å²) >= 11 is 0.914. The molecule has 2 aromatic carbocycles. The molecule has 114 valence electrons. The van der Waals surface area contributed by atoms with Gasteiger partial charge in [0.25, 0.3) is 11.1 Å². The van der Waals surface area contributed by atoms with Gasteiger partial charge >= 0.3 is 0 Å². The van der Waals surface area contributed by atoms with Crippen LogP contribution in [0.3, 0.4) is 0 Å². The average molecular weight is 325 g/mol. The molecule has 5 nitrogen and oxygen atoms in total. The summed E-state index contributed by atoms with van der Waals surface area (Å²) in [4.78, 5) is 23.1. The van der Waals surface area contributed by atoms with Crippen molar-refractivity contribution in [3.63, 3.8) is 0 Å². The lowest BCUT2D eigenvalue weighted by Gasteiger charge is -2.04. The molecule has 0 radical (unpaired) electrons. The van der Waals surface area contributed by atoms with Gasteiger partial charge in [-0.15, -0.1) is 0 Å². The van der Waals surface area contributed by atoms with Gasteiger partial charge in [-0.05, 0) is 46.7 Å². The molecule has 0 atom stereocenters. The number of amides is 2. The Labute approximate surface area is 136 Å². The SMILES string of the molecule is O=C1NC(=O)/C(=C/c2ccc(-c3ccc4c(c3)OCO4)cc2)S1. The van der Waals surface area contributed by atoms with E-state index >= 15 is 0 Å². The molecule has 0 saturated carbocycles. The maximum absolute atomic E-state index is 11.5. The van der Waals surface area contributed by atoms with Crippen LogP contribution in [0.5, 0.6) is 11.5 Å². The normalized spacial score (nSPS) is 17.7. The maximum Gasteiger partial charge on any atom is 0.290 e. The topological polar surface area (TPSA) is 64.6 Å². The van der Waals surface area contributed by atoms with Crippen LogP contribution in [0.4, 0.5) is 4.79 Å². The highest BCUT2D eigenvalue weighted by Crippen LogP contribution is 2.36. The first-order valence-electron chi connectivity index (χ1n) is 6.94. The van der Waals surface area contributed by atoms with E-state index in [-0.39, 0.29) is 17.9 Å². The highest BCUT2D eigenvalue weighted by Gasteiger charge is 2.24. The molecule has 2 amide bonds. The van der Waals surface area contributed by atoms with Gasteiger partial charge in [0.2, 0.25) is 6.79 Å². The van der Waals surface area contributed by atoms with E-state index in [0.717, 1.165) is 40.0 Å². The number of fused-ring (bicyclic) bond motifs is 1. The maximum atomic E-state index is 11.5. The molecule has 4 rings (SSSR count). The molecule has 0 spiro atoms. The number of carbonyl (C=O) groups is 2. The quantitative estimate of drug-likeness (QED) is 0.857. The smallest absolute Gasteiger partial charge is 0.290 e. The van der Waals surface area contributed by atoms with Crippen molar-refractivity contribution in [2.24, 2.45) is 0 Å². The summed E-state index contributed by atoms with van der Waals surface area (Å²) in [5.74, 6) is 1.15. The zero-order valence-electron chi connectivity index (χ0n) is 11.9. The van der Waals surface area contributed by atoms with Gasteiger partial charge in [-0.1, -0.05) is 30.3 Å². The van der Waals surface area contributed by atoms with Gasteiger partial charge in [0.05, 0.1) is 4.91 Å². The van der Waals surface area contributed by atoms with Crippen LogP contribution >= 0.6 is 11.8 Å². The van der Waals surface area contributed by atoms with Gasteiger partial charge in [-0.2, -0.15) is 0 Å². The van der Waals surface area contributed by atoms with E-state index in [9.17, 15) is 9.59 Å². The fourth-order valence-electron chi connectivity index (χ4n) is 2.42. The molecule has 6 heteroatoms. The molecule has 0 bridgehead atoms. The van der Waals surface area contributed by atoms with Gasteiger partial charge in [0, 0.05) is 0 Å². The lowest BCUT2D eigenvalue weighted by Crippen LogP contribution is -2.17. The Morgan fingerprint density at radius 1 is 0.957 bits per heavy atom. The van der Waals surface area contributed by atoms with E-state index in [1.807, 2.05) is 42.5 Å². The monoisotopic (exact) mass is 325 g/mol. The fraction of sp³-hybridized carbons (Fsp3) is 0.0588. The number of carbonyl (C=O) groups excluding carboxylic acids is 2. The van der Waals surface area contributed by atoms with Crippen molar-refractivity contribution in [1.82, 2.24) is 5.32 Å². The molecule has 0 aliphatic carbocycles. The van der Waals surface area contributed by atoms with Crippen LogP contribution < -0.4 is 14.8 Å². The molecule has 23 heavy (non-hydrogen) atoms. The molecule has 1 saturated heterocycles. The van der Waals surface area contributed by atoms with E-state index in [1.165, 1.54) is 0 Å². The van der Waals surface area contributed by atoms with Crippen molar-refractivity contribution >= 4 is 29.0 Å². The first-order valence-corrected chi connectivity index (χ1v) is 7.76. The third-order valence-electron chi connectivity index (χ3n) is 3.56. The van der Waals surface area contributed by atoms with Gasteiger partial charge < -0.3 is 9.47 Å². The molecule has 0 unspecified atom stereocenters. The largest absolute Gasteiger partial charge is 0.454 e. The Hall–Kier alpha value is -2.73. The molecule has 2 aromatic rings. The Morgan fingerprint density at radius 2 is 1.70 bits per heavy atom. The van der Waals surface area contributed by atoms with Gasteiger partial charge in [0.1, 0.15) is 0 Å². The van der Waals surface area contributed by atoms with Gasteiger partial charge in [-0.3, -0.25) is 14.9 Å². The van der Waals surface area contributed by atoms with E-state index in [1.54, 1.807) is 6.08 Å². The lowest BCUT2D eigenvalue weighted by molar-refractivity contribution is -0.115. The van der Waals surface area contributed by atoms with Crippen molar-refractivity contribution in [3.8, 4) is 22.6 Å². The number of thioether (sulfide) groups is 1. The summed E-state index contributed by atoms with van der Waals surface area (Å²) in [5.41, 5.74) is 2.92. The molecule has 0 aromatic heterocycles. The zero-order valence-corrected chi connectivity index (χ0v) is 12.7. The minimum atomic E-state index is -0.347. The van der Waals surface area contributed by atoms with Crippen LogP contribution in [0.25, 0.3) is 17.2 Å². The molecule has 1 fully saturated rings. The minimum Gasteiger partial charge on any atom is -0.454 e.